The second-order valence-electron chi connectivity index (χ2n) is 5.67. The predicted octanol–water partition coefficient (Wildman–Crippen LogP) is 3.92. The van der Waals surface area contributed by atoms with Crippen LogP contribution in [-0.4, -0.2) is 29.6 Å². The maximum Gasteiger partial charge on any atom is 0.226 e. The van der Waals surface area contributed by atoms with Crippen molar-refractivity contribution >= 4 is 33.3 Å². The molecule has 1 fully saturated rings. The van der Waals surface area contributed by atoms with E-state index in [4.69, 9.17) is 4.98 Å². The minimum Gasteiger partial charge on any atom is -0.356 e. The van der Waals surface area contributed by atoms with Gasteiger partial charge in [-0.25, -0.2) is 4.98 Å². The summed E-state index contributed by atoms with van der Waals surface area (Å²) in [4.78, 5) is 14.4. The quantitative estimate of drug-likeness (QED) is 0.841. The number of rotatable bonds is 7. The van der Waals surface area contributed by atoms with Gasteiger partial charge in [0.15, 0.2) is 0 Å². The number of thiophene rings is 1. The molecule has 2 aromatic rings. The van der Waals surface area contributed by atoms with E-state index >= 15 is 0 Å². The number of anilines is 2. The lowest BCUT2D eigenvalue weighted by Gasteiger charge is -2.23. The Morgan fingerprint density at radius 3 is 2.71 bits per heavy atom. The van der Waals surface area contributed by atoms with Crippen molar-refractivity contribution in [2.24, 2.45) is 5.92 Å². The van der Waals surface area contributed by atoms with Gasteiger partial charge >= 0.3 is 0 Å². The van der Waals surface area contributed by atoms with Crippen LogP contribution in [-0.2, 0) is 6.42 Å². The van der Waals surface area contributed by atoms with Gasteiger partial charge in [0.05, 0.1) is 5.39 Å². The van der Waals surface area contributed by atoms with Gasteiger partial charge in [0.1, 0.15) is 10.6 Å². The molecule has 1 saturated carbocycles. The van der Waals surface area contributed by atoms with Crippen molar-refractivity contribution in [3.8, 4) is 0 Å². The molecule has 1 N–H and O–H groups in total. The zero-order chi connectivity index (χ0) is 14.8. The number of hydrogen-bond donors (Lipinski definition) is 1. The van der Waals surface area contributed by atoms with Gasteiger partial charge in [-0.2, -0.15) is 4.98 Å². The first-order valence-electron chi connectivity index (χ1n) is 8.04. The van der Waals surface area contributed by atoms with Gasteiger partial charge in [0.25, 0.3) is 0 Å². The minimum atomic E-state index is 0.763. The molecule has 1 aliphatic carbocycles. The van der Waals surface area contributed by atoms with Gasteiger partial charge in [-0.15, -0.1) is 11.3 Å². The highest BCUT2D eigenvalue weighted by molar-refractivity contribution is 7.18. The molecule has 4 nitrogen and oxygen atoms in total. The molecule has 0 spiro atoms. The number of aryl methyl sites for hydroxylation is 1. The first kappa shape index (κ1) is 14.6. The molecular weight excluding hydrogens is 280 g/mol. The fraction of sp³-hybridized carbons (Fsp3) is 0.625. The molecular formula is C16H24N4S. The second kappa shape index (κ2) is 6.18. The Morgan fingerprint density at radius 2 is 2.10 bits per heavy atom. The topological polar surface area (TPSA) is 41.1 Å². The van der Waals surface area contributed by atoms with Crippen LogP contribution in [0.4, 0.5) is 11.8 Å². The summed E-state index contributed by atoms with van der Waals surface area (Å²) in [6.07, 6.45) is 3.80. The molecule has 0 atom stereocenters. The van der Waals surface area contributed by atoms with Crippen LogP contribution < -0.4 is 10.2 Å². The van der Waals surface area contributed by atoms with E-state index in [1.165, 1.54) is 23.1 Å². The Labute approximate surface area is 130 Å². The number of hydrogen-bond acceptors (Lipinski definition) is 5. The Kier molecular flexibility index (Phi) is 4.29. The maximum absolute atomic E-state index is 4.80. The molecule has 0 radical (unpaired) electrons. The van der Waals surface area contributed by atoms with E-state index in [-0.39, 0.29) is 0 Å². The van der Waals surface area contributed by atoms with Gasteiger partial charge in [-0.05, 0) is 45.1 Å². The summed E-state index contributed by atoms with van der Waals surface area (Å²) < 4.78 is 0. The van der Waals surface area contributed by atoms with E-state index in [0.29, 0.717) is 0 Å². The number of fused-ring (bicyclic) bond motifs is 1. The van der Waals surface area contributed by atoms with Crippen molar-refractivity contribution in [3.63, 3.8) is 0 Å². The average molecular weight is 304 g/mol. The van der Waals surface area contributed by atoms with E-state index in [0.717, 1.165) is 48.6 Å². The fourth-order valence-corrected chi connectivity index (χ4v) is 3.55. The largest absolute Gasteiger partial charge is 0.356 e. The van der Waals surface area contributed by atoms with E-state index < -0.39 is 0 Å². The Morgan fingerprint density at radius 1 is 1.29 bits per heavy atom. The highest BCUT2D eigenvalue weighted by Gasteiger charge is 2.26. The molecule has 0 aliphatic heterocycles. The smallest absolute Gasteiger partial charge is 0.226 e. The van der Waals surface area contributed by atoms with Gasteiger partial charge in [-0.1, -0.05) is 6.92 Å². The lowest BCUT2D eigenvalue weighted by atomic mass is 10.2. The Balaban J connectivity index is 2.04. The second-order valence-corrected chi connectivity index (χ2v) is 6.78. The SMILES string of the molecule is CCNc1nc(N(CC)CC2CC2)c2cc(CC)sc2n1. The summed E-state index contributed by atoms with van der Waals surface area (Å²) in [7, 11) is 0. The van der Waals surface area contributed by atoms with Crippen LogP contribution in [0.1, 0.15) is 38.5 Å². The standard InChI is InChI=1S/C16H24N4S/c1-4-12-9-13-14(20(6-3)10-11-7-8-11)18-16(17-5-2)19-15(13)21-12/h9,11H,4-8,10H2,1-3H3,(H,17,18,19). The van der Waals surface area contributed by atoms with Crippen LogP contribution in [0.15, 0.2) is 6.07 Å². The highest BCUT2D eigenvalue weighted by Crippen LogP contribution is 2.35. The number of nitrogens with zero attached hydrogens (tertiary/aromatic N) is 3. The van der Waals surface area contributed by atoms with Crippen LogP contribution in [0.3, 0.4) is 0 Å². The third-order valence-corrected chi connectivity index (χ3v) is 5.14. The normalized spacial score (nSPS) is 14.6. The first-order chi connectivity index (χ1) is 10.2. The van der Waals surface area contributed by atoms with Crippen molar-refractivity contribution in [3.05, 3.63) is 10.9 Å². The Hall–Kier alpha value is -1.36. The average Bonchev–Trinajstić information content (AvgIpc) is 3.21. The third-order valence-electron chi connectivity index (χ3n) is 3.96. The summed E-state index contributed by atoms with van der Waals surface area (Å²) >= 11 is 1.80. The van der Waals surface area contributed by atoms with Crippen molar-refractivity contribution in [2.75, 3.05) is 29.9 Å². The molecule has 3 rings (SSSR count). The van der Waals surface area contributed by atoms with E-state index in [1.807, 2.05) is 0 Å². The minimum absolute atomic E-state index is 0.763. The van der Waals surface area contributed by atoms with Gasteiger partial charge in [0, 0.05) is 24.5 Å². The van der Waals surface area contributed by atoms with E-state index in [9.17, 15) is 0 Å². The Bertz CT molecular complexity index is 618. The lowest BCUT2D eigenvalue weighted by Crippen LogP contribution is -2.26. The molecule has 2 aromatic heterocycles. The van der Waals surface area contributed by atoms with Crippen LogP contribution in [0.5, 0.6) is 0 Å². The number of nitrogens with one attached hydrogen (secondary N) is 1. The zero-order valence-corrected chi connectivity index (χ0v) is 14.0. The van der Waals surface area contributed by atoms with E-state index in [2.05, 4.69) is 42.0 Å². The summed E-state index contributed by atoms with van der Waals surface area (Å²) in [5, 5.41) is 4.50. The lowest BCUT2D eigenvalue weighted by molar-refractivity contribution is 0.734. The van der Waals surface area contributed by atoms with E-state index in [1.54, 1.807) is 11.3 Å². The van der Waals surface area contributed by atoms with Crippen LogP contribution in [0.25, 0.3) is 10.2 Å². The monoisotopic (exact) mass is 304 g/mol. The molecule has 0 bridgehead atoms. The molecule has 114 valence electrons. The van der Waals surface area contributed by atoms with Crippen molar-refractivity contribution < 1.29 is 0 Å². The van der Waals surface area contributed by atoms with Crippen LogP contribution in [0.2, 0.25) is 0 Å². The summed E-state index contributed by atoms with van der Waals surface area (Å²) in [6, 6.07) is 2.28. The zero-order valence-electron chi connectivity index (χ0n) is 13.1. The van der Waals surface area contributed by atoms with Gasteiger partial charge in [-0.3, -0.25) is 0 Å². The van der Waals surface area contributed by atoms with Gasteiger partial charge < -0.3 is 10.2 Å². The fourth-order valence-electron chi connectivity index (χ4n) is 2.59. The summed E-state index contributed by atoms with van der Waals surface area (Å²) in [6.45, 7) is 9.49. The van der Waals surface area contributed by atoms with Crippen molar-refractivity contribution in [1.82, 2.24) is 9.97 Å². The molecule has 0 aromatic carbocycles. The van der Waals surface area contributed by atoms with Crippen LogP contribution in [0, 0.1) is 5.92 Å². The third kappa shape index (κ3) is 3.12. The molecule has 1 aliphatic rings. The molecule has 0 unspecified atom stereocenters. The van der Waals surface area contributed by atoms with Crippen molar-refractivity contribution in [1.29, 1.82) is 0 Å². The summed E-state index contributed by atoms with van der Waals surface area (Å²) in [5.41, 5.74) is 0. The number of aromatic nitrogens is 2. The molecule has 0 amide bonds. The van der Waals surface area contributed by atoms with Gasteiger partial charge in [0.2, 0.25) is 5.95 Å². The first-order valence-corrected chi connectivity index (χ1v) is 8.86. The molecule has 5 heteroatoms. The molecule has 2 heterocycles. The predicted molar refractivity (Wildman–Crippen MR) is 91.6 cm³/mol. The molecule has 21 heavy (non-hydrogen) atoms. The molecule has 0 saturated heterocycles. The highest BCUT2D eigenvalue weighted by atomic mass is 32.1. The summed E-state index contributed by atoms with van der Waals surface area (Å²) in [5.74, 6) is 2.74. The van der Waals surface area contributed by atoms with Crippen molar-refractivity contribution in [2.45, 2.75) is 40.0 Å². The maximum atomic E-state index is 4.80. The van der Waals surface area contributed by atoms with Crippen LogP contribution >= 0.6 is 11.3 Å².